The van der Waals surface area contributed by atoms with Crippen LogP contribution in [-0.4, -0.2) is 17.1 Å². The highest BCUT2D eigenvalue weighted by atomic mass is 16.4. The molecule has 3 nitrogen and oxygen atoms in total. The average molecular weight is 132 g/mol. The second-order valence-electron chi connectivity index (χ2n) is 2.25. The Morgan fingerprint density at radius 1 is 1.78 bits per heavy atom. The fourth-order valence-corrected chi connectivity index (χ4v) is 0.497. The lowest BCUT2D eigenvalue weighted by molar-refractivity contribution is -0.139. The van der Waals surface area contributed by atoms with Gasteiger partial charge in [-0.1, -0.05) is 20.3 Å². The Hall–Kier alpha value is -0.570. The van der Waals surface area contributed by atoms with Gasteiger partial charge in [-0.15, -0.1) is 0 Å². The van der Waals surface area contributed by atoms with E-state index in [0.29, 0.717) is 0 Å². The molecule has 0 spiro atoms. The van der Waals surface area contributed by atoms with E-state index in [4.69, 9.17) is 10.8 Å². The van der Waals surface area contributed by atoms with Gasteiger partial charge in [0.1, 0.15) is 6.04 Å². The molecule has 2 atom stereocenters. The van der Waals surface area contributed by atoms with Crippen molar-refractivity contribution in [3.8, 4) is 0 Å². The van der Waals surface area contributed by atoms with E-state index in [2.05, 4.69) is 0 Å². The molecule has 3 N–H and O–H groups in total. The normalized spacial score (nSPS) is 16.8. The molecule has 3 heteroatoms. The molecule has 0 saturated heterocycles. The quantitative estimate of drug-likeness (QED) is 0.548. The molecule has 0 rings (SSSR count). The molecule has 0 radical (unpaired) electrons. The van der Waals surface area contributed by atoms with E-state index >= 15 is 0 Å². The van der Waals surface area contributed by atoms with Crippen molar-refractivity contribution in [3.05, 3.63) is 0 Å². The predicted molar refractivity (Wildman–Crippen MR) is 35.1 cm³/mol. The zero-order valence-electron chi connectivity index (χ0n) is 5.79. The summed E-state index contributed by atoms with van der Waals surface area (Å²) in [5.74, 6) is -0.841. The van der Waals surface area contributed by atoms with Gasteiger partial charge >= 0.3 is 5.97 Å². The molecular formula is C6H13NO2. The monoisotopic (exact) mass is 132 g/mol. The Labute approximate surface area is 54.9 Å². The van der Waals surface area contributed by atoms with Crippen LogP contribution in [0.4, 0.5) is 0 Å². The molecule has 0 bridgehead atoms. The van der Waals surface area contributed by atoms with Gasteiger partial charge in [-0.25, -0.2) is 0 Å². The molecule has 0 aromatic rings. The van der Waals surface area contributed by atoms with E-state index in [0.717, 1.165) is 6.42 Å². The number of nitrogens with two attached hydrogens (primary N) is 1. The first-order valence-corrected chi connectivity index (χ1v) is 3.08. The third-order valence-corrected chi connectivity index (χ3v) is 1.54. The van der Waals surface area contributed by atoms with Crippen LogP contribution in [0.25, 0.3) is 0 Å². The van der Waals surface area contributed by atoms with Crippen molar-refractivity contribution in [2.75, 3.05) is 0 Å². The van der Waals surface area contributed by atoms with E-state index in [1.807, 2.05) is 13.8 Å². The Bertz CT molecular complexity index is 103. The molecule has 0 aliphatic heterocycles. The van der Waals surface area contributed by atoms with Gasteiger partial charge in [0.2, 0.25) is 0 Å². The fraction of sp³-hybridized carbons (Fsp3) is 0.833. The van der Waals surface area contributed by atoms with Gasteiger partial charge in [-0.2, -0.15) is 0 Å². The van der Waals surface area contributed by atoms with Crippen LogP contribution in [0, 0.1) is 5.92 Å². The molecule has 0 fully saturated rings. The summed E-state index contributed by atoms with van der Waals surface area (Å²) in [7, 11) is 0. The molecule has 0 amide bonds. The Balaban J connectivity index is 3.72. The molecule has 0 aliphatic rings. The maximum absolute atomic E-state index is 10.2. The van der Waals surface area contributed by atoms with E-state index in [9.17, 15) is 4.79 Å². The van der Waals surface area contributed by atoms with Crippen molar-refractivity contribution >= 4 is 5.97 Å². The van der Waals surface area contributed by atoms with Crippen molar-refractivity contribution in [2.24, 2.45) is 11.7 Å². The summed E-state index contributed by atoms with van der Waals surface area (Å²) in [6, 6.07) is -0.699. The number of aliphatic carboxylic acids is 1. The van der Waals surface area contributed by atoms with E-state index in [-0.39, 0.29) is 5.92 Å². The van der Waals surface area contributed by atoms with Gasteiger partial charge in [-0.05, 0) is 5.92 Å². The summed E-state index contributed by atoms with van der Waals surface area (Å²) in [5.41, 5.74) is 5.27. The second kappa shape index (κ2) is 3.45. The summed E-state index contributed by atoms with van der Waals surface area (Å²) in [6.07, 6.45) is 0.813. The lowest BCUT2D eigenvalue weighted by Crippen LogP contribution is -2.36. The standard InChI is InChI=1S/C6H13NO2/c1-3-4(2)5(7)6(8)9/h4-5H,3,7H2,1-2H3,(H,8,9)/t4-,5-/m0/s1/i7+1. The summed E-state index contributed by atoms with van der Waals surface area (Å²) >= 11 is 0. The molecule has 0 heterocycles. The smallest absolute Gasteiger partial charge is 0.320 e. The fourth-order valence-electron chi connectivity index (χ4n) is 0.497. The van der Waals surface area contributed by atoms with Gasteiger partial charge in [0, 0.05) is 0 Å². The van der Waals surface area contributed by atoms with Crippen LogP contribution in [0.3, 0.4) is 0 Å². The summed E-state index contributed by atoms with van der Waals surface area (Å²) in [5, 5.41) is 8.36. The van der Waals surface area contributed by atoms with Crippen LogP contribution in [0.1, 0.15) is 20.3 Å². The molecule has 0 aliphatic carbocycles. The molecular weight excluding hydrogens is 119 g/mol. The first-order valence-electron chi connectivity index (χ1n) is 3.08. The molecule has 54 valence electrons. The highest BCUT2D eigenvalue weighted by Gasteiger charge is 2.17. The van der Waals surface area contributed by atoms with Crippen LogP contribution < -0.4 is 5.73 Å². The van der Waals surface area contributed by atoms with Crippen LogP contribution in [0.2, 0.25) is 0 Å². The van der Waals surface area contributed by atoms with Gasteiger partial charge < -0.3 is 10.8 Å². The lowest BCUT2D eigenvalue weighted by atomic mass is 10.0. The third kappa shape index (κ3) is 2.46. The third-order valence-electron chi connectivity index (χ3n) is 1.54. The van der Waals surface area contributed by atoms with Gasteiger partial charge in [-0.3, -0.25) is 4.79 Å². The predicted octanol–water partition coefficient (Wildman–Crippen LogP) is 0.444. The minimum absolute atomic E-state index is 0.0718. The van der Waals surface area contributed by atoms with Crippen molar-refractivity contribution in [2.45, 2.75) is 26.3 Å². The summed E-state index contributed by atoms with van der Waals surface area (Å²) in [4.78, 5) is 10.2. The first-order chi connectivity index (χ1) is 4.09. The topological polar surface area (TPSA) is 63.3 Å². The van der Waals surface area contributed by atoms with Gasteiger partial charge in [0.25, 0.3) is 0 Å². The number of rotatable bonds is 3. The van der Waals surface area contributed by atoms with E-state index in [1.54, 1.807) is 0 Å². The van der Waals surface area contributed by atoms with Crippen molar-refractivity contribution < 1.29 is 9.90 Å². The Morgan fingerprint density at radius 3 is 2.33 bits per heavy atom. The van der Waals surface area contributed by atoms with Crippen LogP contribution >= 0.6 is 0 Å². The molecule has 0 saturated carbocycles. The molecule has 9 heavy (non-hydrogen) atoms. The number of carbonyl (C=O) groups is 1. The second-order valence-corrected chi connectivity index (χ2v) is 2.25. The van der Waals surface area contributed by atoms with Crippen LogP contribution in [0.15, 0.2) is 0 Å². The van der Waals surface area contributed by atoms with E-state index in [1.165, 1.54) is 0 Å². The SMILES string of the molecule is CC[C@H](C)[C@H]([15NH2])C(=O)O. The Morgan fingerprint density at radius 2 is 2.22 bits per heavy atom. The summed E-state index contributed by atoms with van der Waals surface area (Å²) in [6.45, 7) is 3.76. The molecule has 0 unspecified atom stereocenters. The zero-order valence-corrected chi connectivity index (χ0v) is 5.79. The van der Waals surface area contributed by atoms with Crippen molar-refractivity contribution in [1.82, 2.24) is 0 Å². The molecule has 0 aromatic heterocycles. The zero-order chi connectivity index (χ0) is 7.44. The highest BCUT2D eigenvalue weighted by Crippen LogP contribution is 2.04. The maximum atomic E-state index is 10.2. The minimum atomic E-state index is -0.913. The van der Waals surface area contributed by atoms with Crippen LogP contribution in [0.5, 0.6) is 0 Å². The van der Waals surface area contributed by atoms with Crippen LogP contribution in [-0.2, 0) is 4.79 Å². The average Bonchev–Trinajstić information content (AvgIpc) is 1.84. The minimum Gasteiger partial charge on any atom is -0.480 e. The summed E-state index contributed by atoms with van der Waals surface area (Å²) < 4.78 is 0. The van der Waals surface area contributed by atoms with Gasteiger partial charge in [0.15, 0.2) is 0 Å². The number of hydrogen-bond donors (Lipinski definition) is 2. The Kier molecular flexibility index (Phi) is 3.24. The van der Waals surface area contributed by atoms with Gasteiger partial charge in [0.05, 0.1) is 0 Å². The maximum Gasteiger partial charge on any atom is 0.320 e. The lowest BCUT2D eigenvalue weighted by Gasteiger charge is -2.11. The van der Waals surface area contributed by atoms with Crippen molar-refractivity contribution in [1.29, 1.82) is 0 Å². The molecule has 0 aromatic carbocycles. The number of hydrogen-bond acceptors (Lipinski definition) is 2. The first kappa shape index (κ1) is 8.43. The van der Waals surface area contributed by atoms with Crippen molar-refractivity contribution in [3.63, 3.8) is 0 Å². The number of carboxylic acids is 1. The highest BCUT2D eigenvalue weighted by molar-refractivity contribution is 5.73. The number of carboxylic acid groups (broad SMARTS) is 1. The van der Waals surface area contributed by atoms with E-state index < -0.39 is 12.0 Å². The largest absolute Gasteiger partial charge is 0.480 e.